The van der Waals surface area contributed by atoms with Gasteiger partial charge in [0.1, 0.15) is 0 Å². The summed E-state index contributed by atoms with van der Waals surface area (Å²) < 4.78 is 23.7. The summed E-state index contributed by atoms with van der Waals surface area (Å²) in [7, 11) is -3.46. The molecule has 2 aliphatic rings. The predicted molar refractivity (Wildman–Crippen MR) is 67.7 cm³/mol. The number of nitrogens with two attached hydrogens (primary N) is 1. The van der Waals surface area contributed by atoms with E-state index in [0.717, 1.165) is 25.9 Å². The molecule has 2 saturated heterocycles. The first kappa shape index (κ1) is 13.3. The van der Waals surface area contributed by atoms with Gasteiger partial charge in [0.05, 0.1) is 0 Å². The van der Waals surface area contributed by atoms with Crippen LogP contribution in [0.4, 0.5) is 0 Å². The van der Waals surface area contributed by atoms with Crippen LogP contribution in [0.2, 0.25) is 0 Å². The molecule has 2 fully saturated rings. The molecule has 0 aromatic carbocycles. The highest BCUT2D eigenvalue weighted by atomic mass is 32.2. The summed E-state index contributed by atoms with van der Waals surface area (Å²) in [6.45, 7) is 10.0. The summed E-state index contributed by atoms with van der Waals surface area (Å²) in [6, 6.07) is 0. The van der Waals surface area contributed by atoms with Crippen molar-refractivity contribution in [3.05, 3.63) is 0 Å². The van der Waals surface area contributed by atoms with Gasteiger partial charge in [-0.3, -0.25) is 4.90 Å². The zero-order valence-corrected chi connectivity index (χ0v) is 11.8. The molecule has 6 heteroatoms. The smallest absolute Gasteiger partial charge is 0.276 e. The number of rotatable bonds is 1. The molecule has 0 aromatic heterocycles. The largest absolute Gasteiger partial charge is 0.298 e. The Morgan fingerprint density at radius 2 is 1.59 bits per heavy atom. The van der Waals surface area contributed by atoms with Crippen molar-refractivity contribution in [2.75, 3.05) is 26.2 Å². The van der Waals surface area contributed by atoms with Crippen LogP contribution in [0.25, 0.3) is 0 Å². The van der Waals surface area contributed by atoms with E-state index in [9.17, 15) is 8.42 Å². The lowest BCUT2D eigenvalue weighted by Gasteiger charge is -2.54. The molecule has 0 radical (unpaired) electrons. The van der Waals surface area contributed by atoms with Crippen molar-refractivity contribution in [2.45, 2.75) is 39.2 Å². The maximum absolute atomic E-state index is 11.2. The minimum Gasteiger partial charge on any atom is -0.298 e. The fourth-order valence-corrected chi connectivity index (χ4v) is 3.76. The Morgan fingerprint density at radius 1 is 1.12 bits per heavy atom. The normalized spacial score (nSPS) is 27.1. The van der Waals surface area contributed by atoms with Crippen LogP contribution in [0, 0.1) is 5.41 Å². The van der Waals surface area contributed by atoms with E-state index in [1.54, 1.807) is 0 Å². The first-order valence-electron chi connectivity index (χ1n) is 6.15. The monoisotopic (exact) mass is 261 g/mol. The van der Waals surface area contributed by atoms with Gasteiger partial charge in [-0.25, -0.2) is 5.14 Å². The van der Waals surface area contributed by atoms with Gasteiger partial charge in [-0.15, -0.1) is 0 Å². The zero-order valence-electron chi connectivity index (χ0n) is 10.9. The first-order valence-corrected chi connectivity index (χ1v) is 7.66. The summed E-state index contributed by atoms with van der Waals surface area (Å²) in [5.74, 6) is 0. The van der Waals surface area contributed by atoms with Gasteiger partial charge >= 0.3 is 0 Å². The van der Waals surface area contributed by atoms with Gasteiger partial charge in [0, 0.05) is 24.0 Å². The Morgan fingerprint density at radius 3 is 1.94 bits per heavy atom. The molecule has 100 valence electrons. The van der Waals surface area contributed by atoms with E-state index < -0.39 is 10.2 Å². The van der Waals surface area contributed by atoms with E-state index in [4.69, 9.17) is 5.14 Å². The lowest BCUT2D eigenvalue weighted by Crippen LogP contribution is -2.64. The van der Waals surface area contributed by atoms with Gasteiger partial charge in [-0.1, -0.05) is 0 Å². The number of hydrogen-bond acceptors (Lipinski definition) is 3. The third-order valence-electron chi connectivity index (χ3n) is 4.16. The van der Waals surface area contributed by atoms with E-state index in [0.29, 0.717) is 13.1 Å². The Kier molecular flexibility index (Phi) is 3.05. The van der Waals surface area contributed by atoms with Crippen LogP contribution in [-0.4, -0.2) is 49.3 Å². The highest BCUT2D eigenvalue weighted by Crippen LogP contribution is 2.42. The minimum absolute atomic E-state index is 0.203. The van der Waals surface area contributed by atoms with Crippen LogP contribution in [0.5, 0.6) is 0 Å². The van der Waals surface area contributed by atoms with Crippen LogP contribution in [0.3, 0.4) is 0 Å². The number of likely N-dealkylation sites (tertiary alicyclic amines) is 1. The van der Waals surface area contributed by atoms with Gasteiger partial charge in [0.2, 0.25) is 0 Å². The molecule has 1 spiro atoms. The average Bonchev–Trinajstić information content (AvgIpc) is 2.11. The lowest BCUT2D eigenvalue weighted by molar-refractivity contribution is -0.0244. The van der Waals surface area contributed by atoms with Gasteiger partial charge in [0.25, 0.3) is 10.2 Å². The lowest BCUT2D eigenvalue weighted by atomic mass is 9.73. The summed E-state index contributed by atoms with van der Waals surface area (Å²) in [6.07, 6.45) is 2.16. The molecule has 2 N–H and O–H groups in total. The molecule has 5 nitrogen and oxygen atoms in total. The van der Waals surface area contributed by atoms with Crippen LogP contribution in [0.1, 0.15) is 33.6 Å². The van der Waals surface area contributed by atoms with Crippen molar-refractivity contribution in [3.8, 4) is 0 Å². The highest BCUT2D eigenvalue weighted by Gasteiger charge is 2.49. The maximum Gasteiger partial charge on any atom is 0.276 e. The molecular formula is C11H23N3O2S. The summed E-state index contributed by atoms with van der Waals surface area (Å²) in [5, 5.41) is 5.12. The molecule has 0 aromatic rings. The second-order valence-corrected chi connectivity index (χ2v) is 8.02. The van der Waals surface area contributed by atoms with E-state index >= 15 is 0 Å². The highest BCUT2D eigenvalue weighted by molar-refractivity contribution is 7.86. The van der Waals surface area contributed by atoms with Gasteiger partial charge in [0.15, 0.2) is 0 Å². The Balaban J connectivity index is 1.90. The molecule has 0 bridgehead atoms. The van der Waals surface area contributed by atoms with Crippen LogP contribution >= 0.6 is 0 Å². The molecule has 0 amide bonds. The van der Waals surface area contributed by atoms with Gasteiger partial charge in [-0.2, -0.15) is 12.7 Å². The Bertz CT molecular complexity index is 383. The number of hydrogen-bond donors (Lipinski definition) is 1. The van der Waals surface area contributed by atoms with Crippen molar-refractivity contribution < 1.29 is 8.42 Å². The van der Waals surface area contributed by atoms with Crippen molar-refractivity contribution in [1.29, 1.82) is 0 Å². The summed E-state index contributed by atoms with van der Waals surface area (Å²) in [4.78, 5) is 2.47. The van der Waals surface area contributed by atoms with E-state index in [2.05, 4.69) is 25.7 Å². The molecule has 0 saturated carbocycles. The second kappa shape index (κ2) is 3.91. The number of nitrogens with zero attached hydrogens (tertiary/aromatic N) is 2. The molecule has 2 heterocycles. The minimum atomic E-state index is -3.46. The molecular weight excluding hydrogens is 238 g/mol. The fraction of sp³-hybridized carbons (Fsp3) is 1.00. The summed E-state index contributed by atoms with van der Waals surface area (Å²) >= 11 is 0. The Labute approximate surface area is 104 Å². The molecule has 0 aliphatic carbocycles. The zero-order chi connectivity index (χ0) is 12.9. The van der Waals surface area contributed by atoms with E-state index in [1.165, 1.54) is 4.31 Å². The van der Waals surface area contributed by atoms with Crippen molar-refractivity contribution >= 4 is 10.2 Å². The third-order valence-corrected chi connectivity index (χ3v) is 5.13. The standard InChI is InChI=1S/C11H23N3O2S/c1-10(2,3)13-6-4-11(5-7-13)8-14(9-11)17(12,15)16/h4-9H2,1-3H3,(H2,12,15,16). The Hall–Kier alpha value is -0.170. The molecule has 2 aliphatic heterocycles. The van der Waals surface area contributed by atoms with Crippen molar-refractivity contribution in [3.63, 3.8) is 0 Å². The number of piperidine rings is 1. The molecule has 2 rings (SSSR count). The van der Waals surface area contributed by atoms with E-state index in [-0.39, 0.29) is 11.0 Å². The van der Waals surface area contributed by atoms with Crippen molar-refractivity contribution in [2.24, 2.45) is 10.6 Å². The molecule has 17 heavy (non-hydrogen) atoms. The predicted octanol–water partition coefficient (Wildman–Crippen LogP) is 0.386. The second-order valence-electron chi connectivity index (χ2n) is 6.47. The van der Waals surface area contributed by atoms with Gasteiger partial charge in [-0.05, 0) is 46.7 Å². The maximum atomic E-state index is 11.2. The van der Waals surface area contributed by atoms with Crippen LogP contribution < -0.4 is 5.14 Å². The quantitative estimate of drug-likeness (QED) is 0.742. The third kappa shape index (κ3) is 2.65. The fourth-order valence-electron chi connectivity index (χ4n) is 2.85. The van der Waals surface area contributed by atoms with Gasteiger partial charge < -0.3 is 0 Å². The topological polar surface area (TPSA) is 66.6 Å². The van der Waals surface area contributed by atoms with Crippen LogP contribution in [0.15, 0.2) is 0 Å². The van der Waals surface area contributed by atoms with Crippen molar-refractivity contribution in [1.82, 2.24) is 9.21 Å². The molecule has 0 unspecified atom stereocenters. The average molecular weight is 261 g/mol. The molecule has 0 atom stereocenters. The SMILES string of the molecule is CC(C)(C)N1CCC2(CC1)CN(S(N)(=O)=O)C2. The summed E-state index contributed by atoms with van der Waals surface area (Å²) in [5.41, 5.74) is 0.416. The van der Waals surface area contributed by atoms with E-state index in [1.807, 2.05) is 0 Å². The first-order chi connectivity index (χ1) is 7.62. The van der Waals surface area contributed by atoms with Crippen LogP contribution in [-0.2, 0) is 10.2 Å².